The molecule has 1 unspecified atom stereocenters. The van der Waals surface area contributed by atoms with E-state index in [-0.39, 0.29) is 18.0 Å². The topological polar surface area (TPSA) is 74.3 Å². The number of likely N-dealkylation sites (N-methyl/N-ethyl adjacent to an activating group) is 1. The van der Waals surface area contributed by atoms with Crippen molar-refractivity contribution < 1.29 is 9.59 Å². The second-order valence-corrected chi connectivity index (χ2v) is 4.40. The van der Waals surface area contributed by atoms with Gasteiger partial charge in [0.2, 0.25) is 0 Å². The molecule has 21 heavy (non-hydrogen) atoms. The first-order chi connectivity index (χ1) is 10.1. The third-order valence-corrected chi connectivity index (χ3v) is 2.91. The first-order valence-corrected chi connectivity index (χ1v) is 7.00. The van der Waals surface area contributed by atoms with Crippen molar-refractivity contribution in [3.8, 4) is 0 Å². The van der Waals surface area contributed by atoms with E-state index < -0.39 is 0 Å². The lowest BCUT2D eigenvalue weighted by molar-refractivity contribution is -0.124. The third-order valence-electron chi connectivity index (χ3n) is 2.91. The van der Waals surface area contributed by atoms with Gasteiger partial charge in [-0.05, 0) is 19.1 Å². The fourth-order valence-electron chi connectivity index (χ4n) is 2.04. The van der Waals surface area contributed by atoms with Crippen LogP contribution in [-0.4, -0.2) is 41.5 Å². The first kappa shape index (κ1) is 16.7. The van der Waals surface area contributed by atoms with Crippen LogP contribution in [0.25, 0.3) is 0 Å². The minimum Gasteiger partial charge on any atom is -0.336 e. The molecule has 2 aliphatic heterocycles. The van der Waals surface area contributed by atoms with Crippen molar-refractivity contribution in [3.05, 3.63) is 41.9 Å². The maximum absolute atomic E-state index is 11.5. The van der Waals surface area contributed by atoms with Gasteiger partial charge in [-0.3, -0.25) is 9.78 Å². The Bertz CT molecular complexity index is 487. The highest BCUT2D eigenvalue weighted by atomic mass is 16.2. The van der Waals surface area contributed by atoms with Crippen LogP contribution < -0.4 is 10.6 Å². The minimum absolute atomic E-state index is 0.00463. The number of aromatic nitrogens is 1. The summed E-state index contributed by atoms with van der Waals surface area (Å²) in [7, 11) is 1.72. The summed E-state index contributed by atoms with van der Waals surface area (Å²) in [5, 5.41) is 5.28. The zero-order chi connectivity index (χ0) is 15.8. The number of nitrogens with one attached hydrogen (secondary N) is 2. The monoisotopic (exact) mass is 290 g/mol. The maximum atomic E-state index is 11.5. The lowest BCUT2D eigenvalue weighted by atomic mass is 10.1. The van der Waals surface area contributed by atoms with Gasteiger partial charge in [-0.25, -0.2) is 4.79 Å². The van der Waals surface area contributed by atoms with Crippen molar-refractivity contribution in [2.45, 2.75) is 26.8 Å². The van der Waals surface area contributed by atoms with Gasteiger partial charge in [0.05, 0.1) is 18.2 Å². The Morgan fingerprint density at radius 2 is 1.81 bits per heavy atom. The van der Waals surface area contributed by atoms with E-state index >= 15 is 0 Å². The number of carbonyl (C=O) groups excluding carboxylic acids is 2. The molecule has 0 fully saturated rings. The van der Waals surface area contributed by atoms with Crippen LogP contribution in [0.4, 0.5) is 4.79 Å². The predicted molar refractivity (Wildman–Crippen MR) is 81.4 cm³/mol. The summed E-state index contributed by atoms with van der Waals surface area (Å²) < 4.78 is 0. The largest absolute Gasteiger partial charge is 0.336 e. The Balaban J connectivity index is 0.000000231. The van der Waals surface area contributed by atoms with Gasteiger partial charge in [0.15, 0.2) is 0 Å². The molecule has 6 nitrogen and oxygen atoms in total. The molecular formula is C15H22N4O2. The second-order valence-electron chi connectivity index (χ2n) is 4.40. The molecule has 3 amide bonds. The smallest absolute Gasteiger partial charge is 0.319 e. The van der Waals surface area contributed by atoms with E-state index in [1.807, 2.05) is 39.0 Å². The van der Waals surface area contributed by atoms with Crippen molar-refractivity contribution in [1.29, 1.82) is 0 Å². The summed E-state index contributed by atoms with van der Waals surface area (Å²) in [6.07, 6.45) is 3.50. The van der Waals surface area contributed by atoms with E-state index in [1.54, 1.807) is 24.3 Å². The fourth-order valence-corrected chi connectivity index (χ4v) is 2.04. The molecule has 2 aliphatic rings. The van der Waals surface area contributed by atoms with Crippen molar-refractivity contribution >= 4 is 11.9 Å². The van der Waals surface area contributed by atoms with Crippen molar-refractivity contribution in [2.75, 3.05) is 13.6 Å². The van der Waals surface area contributed by atoms with Gasteiger partial charge < -0.3 is 15.5 Å². The quantitative estimate of drug-likeness (QED) is 0.761. The number of amides is 3. The SMILES string of the molecule is CC.CC1NC(=O)NC2=C1C(=O)N(C)C2.c1ccncc1. The highest BCUT2D eigenvalue weighted by molar-refractivity contribution is 6.00. The summed E-state index contributed by atoms with van der Waals surface area (Å²) in [5.41, 5.74) is 1.42. The number of urea groups is 1. The standard InChI is InChI=1S/C8H11N3O2.C5H5N.C2H6/c1-4-6-5(10-8(13)9-4)3-11(2)7(6)12;1-2-4-6-5-3-1;1-2/h4H,3H2,1-2H3,(H2,9,10,13);1-5H;1-2H3. The van der Waals surface area contributed by atoms with E-state index in [1.165, 1.54) is 0 Å². The molecule has 0 aliphatic carbocycles. The number of nitrogens with zero attached hydrogens (tertiary/aromatic N) is 2. The highest BCUT2D eigenvalue weighted by Gasteiger charge is 2.35. The van der Waals surface area contributed by atoms with Gasteiger partial charge in [0.1, 0.15) is 0 Å². The lowest BCUT2D eigenvalue weighted by Gasteiger charge is -2.21. The van der Waals surface area contributed by atoms with E-state index in [0.29, 0.717) is 12.1 Å². The molecule has 0 aromatic carbocycles. The molecule has 2 N–H and O–H groups in total. The minimum atomic E-state index is -0.227. The van der Waals surface area contributed by atoms with E-state index in [9.17, 15) is 9.59 Å². The molecule has 6 heteroatoms. The summed E-state index contributed by atoms with van der Waals surface area (Å²) in [5.74, 6) is -0.00463. The average Bonchev–Trinajstić information content (AvgIpc) is 2.78. The van der Waals surface area contributed by atoms with Crippen LogP contribution in [0.3, 0.4) is 0 Å². The van der Waals surface area contributed by atoms with E-state index in [4.69, 9.17) is 0 Å². The summed E-state index contributed by atoms with van der Waals surface area (Å²) in [6, 6.07) is 5.31. The lowest BCUT2D eigenvalue weighted by Crippen LogP contribution is -2.47. The van der Waals surface area contributed by atoms with Gasteiger partial charge in [-0.15, -0.1) is 0 Å². The molecule has 3 rings (SSSR count). The Morgan fingerprint density at radius 3 is 2.29 bits per heavy atom. The zero-order valence-corrected chi connectivity index (χ0v) is 12.9. The molecule has 0 radical (unpaired) electrons. The summed E-state index contributed by atoms with van der Waals surface area (Å²) in [6.45, 7) is 6.32. The molecule has 114 valence electrons. The maximum Gasteiger partial charge on any atom is 0.319 e. The van der Waals surface area contributed by atoms with Gasteiger partial charge in [-0.2, -0.15) is 0 Å². The van der Waals surface area contributed by atoms with Crippen LogP contribution in [0.15, 0.2) is 41.9 Å². The number of pyridine rings is 1. The summed E-state index contributed by atoms with van der Waals surface area (Å²) in [4.78, 5) is 28.0. The molecule has 0 bridgehead atoms. The van der Waals surface area contributed by atoms with Gasteiger partial charge >= 0.3 is 6.03 Å². The third kappa shape index (κ3) is 4.30. The molecule has 0 saturated carbocycles. The zero-order valence-electron chi connectivity index (χ0n) is 12.9. The second kappa shape index (κ2) is 8.04. The Morgan fingerprint density at radius 1 is 1.19 bits per heavy atom. The fraction of sp³-hybridized carbons (Fsp3) is 0.400. The molecule has 0 spiro atoms. The molecule has 3 heterocycles. The highest BCUT2D eigenvalue weighted by Crippen LogP contribution is 2.21. The van der Waals surface area contributed by atoms with E-state index in [2.05, 4.69) is 15.6 Å². The van der Waals surface area contributed by atoms with Crippen LogP contribution in [0, 0.1) is 0 Å². The first-order valence-electron chi connectivity index (χ1n) is 7.00. The number of hydrogen-bond donors (Lipinski definition) is 2. The van der Waals surface area contributed by atoms with Crippen LogP contribution >= 0.6 is 0 Å². The van der Waals surface area contributed by atoms with E-state index in [0.717, 1.165) is 5.70 Å². The number of hydrogen-bond acceptors (Lipinski definition) is 3. The Labute approximate surface area is 125 Å². The van der Waals surface area contributed by atoms with Crippen LogP contribution in [0.2, 0.25) is 0 Å². The van der Waals surface area contributed by atoms with Gasteiger partial charge in [0, 0.05) is 25.1 Å². The van der Waals surface area contributed by atoms with Crippen LogP contribution in [-0.2, 0) is 4.79 Å². The van der Waals surface area contributed by atoms with Crippen LogP contribution in [0.1, 0.15) is 20.8 Å². The molecule has 1 aromatic heterocycles. The normalized spacial score (nSPS) is 19.4. The van der Waals surface area contributed by atoms with Crippen LogP contribution in [0.5, 0.6) is 0 Å². The molecule has 1 aromatic rings. The van der Waals surface area contributed by atoms with Crippen molar-refractivity contribution in [3.63, 3.8) is 0 Å². The molecule has 0 saturated heterocycles. The Hall–Kier alpha value is -2.37. The van der Waals surface area contributed by atoms with Gasteiger partial charge in [0.25, 0.3) is 5.91 Å². The van der Waals surface area contributed by atoms with Crippen molar-refractivity contribution in [1.82, 2.24) is 20.5 Å². The Kier molecular flexibility index (Phi) is 6.39. The van der Waals surface area contributed by atoms with Gasteiger partial charge in [-0.1, -0.05) is 19.9 Å². The number of rotatable bonds is 0. The molecular weight excluding hydrogens is 268 g/mol. The predicted octanol–water partition coefficient (Wildman–Crippen LogP) is 1.52. The number of carbonyl (C=O) groups is 2. The molecule has 1 atom stereocenters. The summed E-state index contributed by atoms with van der Waals surface area (Å²) >= 11 is 0. The average molecular weight is 290 g/mol. The van der Waals surface area contributed by atoms with Crippen molar-refractivity contribution in [2.24, 2.45) is 0 Å².